The van der Waals surface area contributed by atoms with E-state index in [4.69, 9.17) is 43.2 Å². The second-order valence-electron chi connectivity index (χ2n) is 18.3. The minimum atomic E-state index is -1.29. The zero-order valence-corrected chi connectivity index (χ0v) is 43.2. The average Bonchev–Trinajstić information content (AvgIpc) is 3.40. The Morgan fingerprint density at radius 1 is 0.571 bits per heavy atom. The molecule has 0 spiro atoms. The summed E-state index contributed by atoms with van der Waals surface area (Å²) < 4.78 is 11.1. The third kappa shape index (κ3) is 24.2. The lowest BCUT2D eigenvalue weighted by atomic mass is 9.91. The first kappa shape index (κ1) is 61.8. The maximum absolute atomic E-state index is 14.4. The largest absolute Gasteiger partial charge is 0.377 e. The molecule has 0 radical (unpaired) electrons. The molecule has 1 heterocycles. The van der Waals surface area contributed by atoms with Crippen molar-refractivity contribution in [3.05, 3.63) is 83.9 Å². The maximum atomic E-state index is 14.4. The van der Waals surface area contributed by atoms with Crippen LogP contribution in [0.1, 0.15) is 56.1 Å². The van der Waals surface area contributed by atoms with E-state index in [2.05, 4.69) is 53.2 Å². The first-order valence-corrected chi connectivity index (χ1v) is 25.6. The summed E-state index contributed by atoms with van der Waals surface area (Å²) in [5, 5.41) is 43.6. The molecule has 26 nitrogen and oxygen atoms in total. The Balaban J connectivity index is 1.66. The van der Waals surface area contributed by atoms with Crippen LogP contribution < -0.4 is 76.1 Å². The van der Waals surface area contributed by atoms with E-state index in [9.17, 15) is 38.4 Å². The van der Waals surface area contributed by atoms with Crippen molar-refractivity contribution in [2.45, 2.75) is 88.2 Å². The Bertz CT molecular complexity index is 2440. The number of amides is 7. The highest BCUT2D eigenvalue weighted by molar-refractivity contribution is 5.97. The second kappa shape index (κ2) is 34.0. The van der Waals surface area contributed by atoms with Crippen LogP contribution in [0, 0.1) is 16.7 Å². The highest BCUT2D eigenvalue weighted by atomic mass is 16.5. The van der Waals surface area contributed by atoms with Crippen LogP contribution in [0.4, 0.5) is 0 Å². The summed E-state index contributed by atoms with van der Waals surface area (Å²) in [6, 6.07) is 17.1. The molecule has 0 aromatic heterocycles. The van der Waals surface area contributed by atoms with Crippen molar-refractivity contribution in [1.29, 1.82) is 10.8 Å². The number of hydrogen-bond acceptors (Lipinski definition) is 15. The lowest BCUT2D eigenvalue weighted by Gasteiger charge is -2.25. The molecule has 420 valence electrons. The molecule has 5 atom stereocenters. The monoisotopic (exact) mass is 1070 g/mol. The molecule has 1 aliphatic heterocycles. The smallest absolute Gasteiger partial charge is 0.246 e. The van der Waals surface area contributed by atoms with Crippen molar-refractivity contribution in [3.8, 4) is 0 Å². The van der Waals surface area contributed by atoms with Gasteiger partial charge in [0.1, 0.15) is 31.0 Å². The van der Waals surface area contributed by atoms with Gasteiger partial charge in [0.25, 0.3) is 0 Å². The van der Waals surface area contributed by atoms with Gasteiger partial charge in [0, 0.05) is 44.8 Å². The van der Waals surface area contributed by atoms with Crippen molar-refractivity contribution in [3.63, 3.8) is 0 Å². The van der Waals surface area contributed by atoms with Gasteiger partial charge in [0.05, 0.1) is 39.0 Å². The van der Waals surface area contributed by atoms with Crippen molar-refractivity contribution >= 4 is 69.8 Å². The lowest BCUT2D eigenvalue weighted by molar-refractivity contribution is -0.135. The van der Waals surface area contributed by atoms with E-state index in [-0.39, 0.29) is 109 Å². The van der Waals surface area contributed by atoms with Crippen LogP contribution in [0.2, 0.25) is 0 Å². The van der Waals surface area contributed by atoms with E-state index >= 15 is 0 Å². The van der Waals surface area contributed by atoms with Gasteiger partial charge in [0.15, 0.2) is 17.7 Å². The normalized spacial score (nSPS) is 20.8. The molecule has 3 aromatic rings. The number of benzene rings is 3. The molecular weight excluding hydrogens is 997 g/mol. The van der Waals surface area contributed by atoms with Gasteiger partial charge in [-0.1, -0.05) is 72.8 Å². The third-order valence-electron chi connectivity index (χ3n) is 12.1. The lowest BCUT2D eigenvalue weighted by Crippen LogP contribution is -2.56. The molecule has 1 saturated heterocycles. The molecule has 77 heavy (non-hydrogen) atoms. The molecule has 3 aromatic carbocycles. The Morgan fingerprint density at radius 3 is 1.87 bits per heavy atom. The number of rotatable bonds is 17. The Hall–Kier alpha value is -7.78. The molecule has 26 heteroatoms. The molecule has 0 aliphatic carbocycles. The molecule has 20 N–H and O–H groups in total. The number of Topliss-reactive ketones (excluding diaryl/α,β-unsaturated/α-hetero) is 1. The molecule has 1 fully saturated rings. The summed E-state index contributed by atoms with van der Waals surface area (Å²) in [4.78, 5) is 111. The maximum Gasteiger partial charge on any atom is 0.246 e. The standard InChI is InChI=1S/C51H76N16O10/c52-49(53)59-19-7-15-35-28-41(68)37(17-8-20-60-50(54)55)64-43(70)30-63-47(74)40(27-34-14-6-13-33-12-4-5-16-36(33)34)67-48(75)39(26-32-10-2-1-3-11-32)65-44(71)31-77-25-24-76-23-22-58-42(69)29-62-46(73)38(66-45(35)72)18-9-21-61-51(56)57/h1-6,10-14,16,35,37-40,50,60H,7-9,15,17-31,54-55H2,(H,58,69)(H,62,73)(H,63,74)(H,64,70)(H,65,71)(H,66,72)(H,67,75)(H4,52,53,59)(H4,56,57,61)/t35-,37+,38+,39+,40+/m1/s1. The number of fused-ring (bicyclic) bond motifs is 1. The van der Waals surface area contributed by atoms with Crippen molar-refractivity contribution in [2.75, 3.05) is 65.7 Å². The number of carbonyl (C=O) groups excluding carboxylic acids is 8. The Kier molecular flexibility index (Phi) is 27.3. The highest BCUT2D eigenvalue weighted by Crippen LogP contribution is 2.21. The SMILES string of the molecule is N=C(N)NCCC[C@@H]1CC(=O)[C@H](CCCNC(N)N)NC(=O)CNC(=O)[C@H](Cc2cccc3ccccc23)NC(=O)[C@H](Cc2ccccc2)NC(=O)COCCOCCNC(=O)CNC(=O)[C@H](CCCNC(=N)N)NC1=O. The Labute approximate surface area is 447 Å². The fourth-order valence-corrected chi connectivity index (χ4v) is 8.26. The third-order valence-corrected chi connectivity index (χ3v) is 12.1. The summed E-state index contributed by atoms with van der Waals surface area (Å²) in [6.45, 7) is -0.852. The predicted octanol–water partition coefficient (Wildman–Crippen LogP) is -3.37. The van der Waals surface area contributed by atoms with Gasteiger partial charge in [0.2, 0.25) is 41.4 Å². The van der Waals surface area contributed by atoms with Crippen LogP contribution in [-0.4, -0.2) is 155 Å². The minimum Gasteiger partial charge on any atom is -0.377 e. The van der Waals surface area contributed by atoms with Gasteiger partial charge >= 0.3 is 0 Å². The van der Waals surface area contributed by atoms with E-state index in [0.29, 0.717) is 11.1 Å². The molecule has 1 aliphatic rings. The van der Waals surface area contributed by atoms with Crippen LogP contribution in [0.15, 0.2) is 72.8 Å². The summed E-state index contributed by atoms with van der Waals surface area (Å²) in [5.41, 5.74) is 23.7. The average molecular weight is 1070 g/mol. The summed E-state index contributed by atoms with van der Waals surface area (Å²) in [6.07, 6.45) is -0.377. The number of nitrogens with two attached hydrogens (primary N) is 4. The van der Waals surface area contributed by atoms with Gasteiger partial charge in [-0.15, -0.1) is 0 Å². The number of ether oxygens (including phenoxy) is 2. The van der Waals surface area contributed by atoms with Crippen LogP contribution >= 0.6 is 0 Å². The molecule has 7 amide bonds. The summed E-state index contributed by atoms with van der Waals surface area (Å²) in [5.74, 6) is -7.07. The van der Waals surface area contributed by atoms with Crippen LogP contribution in [-0.2, 0) is 60.7 Å². The van der Waals surface area contributed by atoms with Crippen molar-refractivity contribution < 1.29 is 47.8 Å². The summed E-state index contributed by atoms with van der Waals surface area (Å²) >= 11 is 0. The molecule has 0 bridgehead atoms. The minimum absolute atomic E-state index is 0.0197. The number of nitrogens with one attached hydrogen (secondary N) is 12. The molecule has 4 rings (SSSR count). The van der Waals surface area contributed by atoms with E-state index in [1.165, 1.54) is 0 Å². The number of guanidine groups is 2. The molecule has 0 saturated carbocycles. The van der Waals surface area contributed by atoms with Crippen LogP contribution in [0.5, 0.6) is 0 Å². The quantitative estimate of drug-likeness (QED) is 0.0272. The van der Waals surface area contributed by atoms with Crippen molar-refractivity contribution in [2.24, 2.45) is 28.9 Å². The van der Waals surface area contributed by atoms with E-state index in [1.807, 2.05) is 42.5 Å². The van der Waals surface area contributed by atoms with Crippen LogP contribution in [0.3, 0.4) is 0 Å². The van der Waals surface area contributed by atoms with Crippen molar-refractivity contribution in [1.82, 2.24) is 53.2 Å². The van der Waals surface area contributed by atoms with E-state index in [1.54, 1.807) is 30.3 Å². The van der Waals surface area contributed by atoms with Crippen LogP contribution in [0.25, 0.3) is 10.8 Å². The number of ketones is 1. The number of carbonyl (C=O) groups is 8. The van der Waals surface area contributed by atoms with Gasteiger partial charge in [-0.25, -0.2) is 0 Å². The van der Waals surface area contributed by atoms with Gasteiger partial charge < -0.3 is 80.3 Å². The van der Waals surface area contributed by atoms with Gasteiger partial charge in [-0.2, -0.15) is 0 Å². The second-order valence-corrected chi connectivity index (χ2v) is 18.3. The van der Waals surface area contributed by atoms with Gasteiger partial charge in [-0.3, -0.25) is 54.5 Å². The fourth-order valence-electron chi connectivity index (χ4n) is 8.26. The zero-order valence-electron chi connectivity index (χ0n) is 43.2. The number of hydrogen-bond donors (Lipinski definition) is 16. The molecule has 0 unspecified atom stereocenters. The highest BCUT2D eigenvalue weighted by Gasteiger charge is 2.32. The molecular formula is C51H76N16O10. The first-order valence-electron chi connectivity index (χ1n) is 25.6. The van der Waals surface area contributed by atoms with E-state index < -0.39 is 110 Å². The summed E-state index contributed by atoms with van der Waals surface area (Å²) in [7, 11) is 0. The Morgan fingerprint density at radius 2 is 1.16 bits per heavy atom. The topological polar surface area (TPSA) is 427 Å². The fraction of sp³-hybridized carbons (Fsp3) is 0.490. The zero-order chi connectivity index (χ0) is 56.0. The first-order chi connectivity index (χ1) is 37.0. The van der Waals surface area contributed by atoms with E-state index in [0.717, 1.165) is 10.8 Å². The predicted molar refractivity (Wildman–Crippen MR) is 287 cm³/mol. The van der Waals surface area contributed by atoms with Gasteiger partial charge in [-0.05, 0) is 67.0 Å².